The van der Waals surface area contributed by atoms with Crippen LogP contribution in [-0.4, -0.2) is 33.0 Å². The first-order valence-corrected chi connectivity index (χ1v) is 7.87. The molecule has 0 aromatic carbocycles. The van der Waals surface area contributed by atoms with Crippen molar-refractivity contribution in [1.29, 1.82) is 0 Å². The van der Waals surface area contributed by atoms with Crippen molar-refractivity contribution >= 4 is 47.9 Å². The molecule has 0 fully saturated rings. The predicted octanol–water partition coefficient (Wildman–Crippen LogP) is 0.646. The lowest BCUT2D eigenvalue weighted by Gasteiger charge is -2.35. The van der Waals surface area contributed by atoms with E-state index in [2.05, 4.69) is 37.2 Å². The second-order valence-electron chi connectivity index (χ2n) is 3.96. The average Bonchev–Trinajstić information content (AvgIpc) is 2.14. The molecule has 6 nitrogen and oxygen atoms in total. The molecule has 0 aliphatic heterocycles. The molecular weight excluding hydrogens is 392 g/mol. The summed E-state index contributed by atoms with van der Waals surface area (Å²) in [6.45, 7) is 1.51. The van der Waals surface area contributed by atoms with Gasteiger partial charge in [0.1, 0.15) is 10.9 Å². The fourth-order valence-corrected chi connectivity index (χ4v) is 2.52. The Balaban J connectivity index is 3.07. The molecule has 0 saturated carbocycles. The van der Waals surface area contributed by atoms with Crippen molar-refractivity contribution in [3.8, 4) is 0 Å². The third kappa shape index (κ3) is 3.64. The molecular formula is C9H12Br2N2O4S. The summed E-state index contributed by atoms with van der Waals surface area (Å²) in [5, 5.41) is 0.916. The summed E-state index contributed by atoms with van der Waals surface area (Å²) in [6.07, 6.45) is 5.42. The van der Waals surface area contributed by atoms with Gasteiger partial charge in [0.25, 0.3) is 10.1 Å². The number of nitrogens with one attached hydrogen (secondary N) is 1. The quantitative estimate of drug-likeness (QED) is 0.364. The number of hydrogen-bond acceptors (Lipinski definition) is 4. The van der Waals surface area contributed by atoms with E-state index in [1.165, 1.54) is 31.2 Å². The monoisotopic (exact) mass is 402 g/mol. The molecule has 0 aromatic heterocycles. The summed E-state index contributed by atoms with van der Waals surface area (Å²) in [5.41, 5.74) is 4.13. The molecule has 9 heteroatoms. The number of halogens is 2. The number of alkyl halides is 2. The lowest BCUT2D eigenvalue weighted by Crippen LogP contribution is -2.65. The van der Waals surface area contributed by atoms with Crippen LogP contribution in [-0.2, 0) is 14.9 Å². The molecule has 18 heavy (non-hydrogen) atoms. The number of rotatable bonds is 3. The molecule has 1 amide bonds. The summed E-state index contributed by atoms with van der Waals surface area (Å²) < 4.78 is 30.5. The maximum Gasteiger partial charge on any atom is 0.275 e. The average molecular weight is 404 g/mol. The first kappa shape index (κ1) is 15.8. The van der Waals surface area contributed by atoms with Gasteiger partial charge in [-0.2, -0.15) is 8.42 Å². The molecule has 1 aliphatic carbocycles. The van der Waals surface area contributed by atoms with Crippen LogP contribution in [0.2, 0.25) is 0 Å². The maximum atomic E-state index is 11.8. The van der Waals surface area contributed by atoms with Gasteiger partial charge in [0.15, 0.2) is 3.23 Å². The van der Waals surface area contributed by atoms with Crippen LogP contribution in [0.1, 0.15) is 6.92 Å². The molecule has 102 valence electrons. The normalized spacial score (nSPS) is 28.2. The van der Waals surface area contributed by atoms with Crippen LogP contribution >= 0.6 is 31.9 Å². The minimum absolute atomic E-state index is 0.571. The smallest absolute Gasteiger partial charge is 0.275 e. The summed E-state index contributed by atoms with van der Waals surface area (Å²) in [6, 6.07) is 0. The van der Waals surface area contributed by atoms with Crippen LogP contribution in [0.4, 0.5) is 0 Å². The number of allylic oxidation sites excluding steroid dienone is 2. The standard InChI is InChI=1S/C9H12Br2N2O4S/c1-8(10,11)7(14)13-9(12)5-3-2-4-6(9)18(15,16)17/h2-6H,12H2,1H3,(H,13,14)(H,15,16,17). The van der Waals surface area contributed by atoms with Crippen molar-refractivity contribution < 1.29 is 17.8 Å². The minimum Gasteiger partial charge on any atom is -0.331 e. The van der Waals surface area contributed by atoms with Crippen molar-refractivity contribution in [3.05, 3.63) is 24.3 Å². The molecule has 0 aromatic rings. The highest BCUT2D eigenvalue weighted by atomic mass is 79.9. The second kappa shape index (κ2) is 5.04. The van der Waals surface area contributed by atoms with Gasteiger partial charge < -0.3 is 11.1 Å². The van der Waals surface area contributed by atoms with Crippen molar-refractivity contribution in [3.63, 3.8) is 0 Å². The topological polar surface area (TPSA) is 109 Å². The van der Waals surface area contributed by atoms with Gasteiger partial charge in [-0.05, 0) is 13.0 Å². The highest BCUT2D eigenvalue weighted by Crippen LogP contribution is 2.27. The van der Waals surface area contributed by atoms with Gasteiger partial charge in [-0.25, -0.2) is 0 Å². The van der Waals surface area contributed by atoms with Crippen LogP contribution in [0, 0.1) is 0 Å². The van der Waals surface area contributed by atoms with Crippen LogP contribution < -0.4 is 11.1 Å². The highest BCUT2D eigenvalue weighted by molar-refractivity contribution is 9.25. The van der Waals surface area contributed by atoms with E-state index in [0.717, 1.165) is 0 Å². The predicted molar refractivity (Wildman–Crippen MR) is 74.9 cm³/mol. The van der Waals surface area contributed by atoms with E-state index >= 15 is 0 Å². The number of carbonyl (C=O) groups excluding carboxylic acids is 1. The van der Waals surface area contributed by atoms with Gasteiger partial charge in [0.05, 0.1) is 0 Å². The Bertz CT molecular complexity index is 509. The summed E-state index contributed by atoms with van der Waals surface area (Å²) >= 11 is 6.12. The second-order valence-corrected chi connectivity index (χ2v) is 9.73. The lowest BCUT2D eigenvalue weighted by atomic mass is 10.0. The Morgan fingerprint density at radius 2 is 2.06 bits per heavy atom. The molecule has 0 saturated heterocycles. The third-order valence-electron chi connectivity index (χ3n) is 2.29. The summed E-state index contributed by atoms with van der Waals surface area (Å²) in [7, 11) is -4.43. The molecule has 1 aliphatic rings. The number of nitrogens with two attached hydrogens (primary N) is 1. The van der Waals surface area contributed by atoms with Crippen LogP contribution in [0.5, 0.6) is 0 Å². The fraction of sp³-hybridized carbons (Fsp3) is 0.444. The highest BCUT2D eigenvalue weighted by Gasteiger charge is 2.44. The van der Waals surface area contributed by atoms with Crippen molar-refractivity contribution in [1.82, 2.24) is 5.32 Å². The van der Waals surface area contributed by atoms with Gasteiger partial charge in [-0.1, -0.05) is 50.1 Å². The lowest BCUT2D eigenvalue weighted by molar-refractivity contribution is -0.122. The molecule has 1 rings (SSSR count). The minimum atomic E-state index is -4.43. The van der Waals surface area contributed by atoms with E-state index in [1.807, 2.05) is 0 Å². The van der Waals surface area contributed by atoms with Gasteiger partial charge in [-0.3, -0.25) is 9.35 Å². The third-order valence-corrected chi connectivity index (χ3v) is 4.20. The molecule has 0 bridgehead atoms. The van der Waals surface area contributed by atoms with Gasteiger partial charge in [0.2, 0.25) is 5.91 Å². The molecule has 2 atom stereocenters. The molecule has 2 unspecified atom stereocenters. The molecule has 0 heterocycles. The molecule has 0 radical (unpaired) electrons. The summed E-state index contributed by atoms with van der Waals surface area (Å²) in [5.74, 6) is -0.571. The number of amides is 1. The first-order chi connectivity index (χ1) is 7.97. The zero-order valence-corrected chi connectivity index (χ0v) is 13.3. The Morgan fingerprint density at radius 3 is 2.50 bits per heavy atom. The van der Waals surface area contributed by atoms with Gasteiger partial charge in [-0.15, -0.1) is 0 Å². The van der Waals surface area contributed by atoms with Crippen LogP contribution in [0.25, 0.3) is 0 Å². The number of hydrogen-bond donors (Lipinski definition) is 3. The Labute approximate surface area is 122 Å². The fourth-order valence-electron chi connectivity index (χ4n) is 1.40. The van der Waals surface area contributed by atoms with Crippen LogP contribution in [0.15, 0.2) is 24.3 Å². The van der Waals surface area contributed by atoms with Gasteiger partial charge in [0, 0.05) is 0 Å². The number of carbonyl (C=O) groups is 1. The first-order valence-electron chi connectivity index (χ1n) is 4.78. The van der Waals surface area contributed by atoms with Crippen molar-refractivity contribution in [2.24, 2.45) is 5.73 Å². The van der Waals surface area contributed by atoms with E-state index < -0.39 is 30.2 Å². The van der Waals surface area contributed by atoms with Crippen molar-refractivity contribution in [2.45, 2.75) is 21.1 Å². The van der Waals surface area contributed by atoms with Gasteiger partial charge >= 0.3 is 0 Å². The van der Waals surface area contributed by atoms with Crippen molar-refractivity contribution in [2.75, 3.05) is 0 Å². The molecule has 0 spiro atoms. The zero-order chi connectivity index (χ0) is 14.2. The van der Waals surface area contributed by atoms with Crippen LogP contribution in [0.3, 0.4) is 0 Å². The largest absolute Gasteiger partial charge is 0.331 e. The Kier molecular flexibility index (Phi) is 4.44. The molecule has 4 N–H and O–H groups in total. The SMILES string of the molecule is CC(Br)(Br)C(=O)NC1(N)C=CC=CC1S(=O)(=O)O. The van der Waals surface area contributed by atoms with E-state index in [-0.39, 0.29) is 0 Å². The van der Waals surface area contributed by atoms with E-state index in [0.29, 0.717) is 0 Å². The summed E-state index contributed by atoms with van der Waals surface area (Å²) in [4.78, 5) is 11.8. The maximum absolute atomic E-state index is 11.8. The van der Waals surface area contributed by atoms with E-state index in [1.54, 1.807) is 0 Å². The zero-order valence-electron chi connectivity index (χ0n) is 9.30. The Morgan fingerprint density at radius 1 is 1.50 bits per heavy atom. The Hall–Kier alpha value is -0.220. The van der Waals surface area contributed by atoms with E-state index in [4.69, 9.17) is 10.3 Å². The van der Waals surface area contributed by atoms with E-state index in [9.17, 15) is 13.2 Å².